The van der Waals surface area contributed by atoms with E-state index >= 15 is 0 Å². The summed E-state index contributed by atoms with van der Waals surface area (Å²) in [5, 5.41) is 1.68. The third-order valence-electron chi connectivity index (χ3n) is 6.62. The number of fused-ring (bicyclic) bond motifs is 2. The molecule has 0 spiro atoms. The van der Waals surface area contributed by atoms with Gasteiger partial charge in [0.2, 0.25) is 11.6 Å². The quantitative estimate of drug-likeness (QED) is 0.281. The summed E-state index contributed by atoms with van der Waals surface area (Å²) in [6.45, 7) is 4.10. The molecular weight excluding hydrogens is 440 g/mol. The molecule has 0 saturated carbocycles. The Morgan fingerprint density at radius 3 is 2.09 bits per heavy atom. The van der Waals surface area contributed by atoms with Crippen LogP contribution in [0.2, 0.25) is 0 Å². The highest BCUT2D eigenvalue weighted by atomic mass is 16.5. The van der Waals surface area contributed by atoms with Crippen molar-refractivity contribution in [3.05, 3.63) is 94.7 Å². The molecule has 1 aliphatic rings. The number of methoxy groups -OCH3 is 2. The van der Waals surface area contributed by atoms with Crippen LogP contribution in [0.4, 0.5) is 0 Å². The maximum Gasteiger partial charge on any atom is 0.232 e. The zero-order chi connectivity index (χ0) is 24.7. The number of aromatic amines is 2. The monoisotopic (exact) mass is 466 g/mol. The molecule has 4 aromatic rings. The molecule has 6 heteroatoms. The second kappa shape index (κ2) is 8.80. The van der Waals surface area contributed by atoms with Gasteiger partial charge in [-0.2, -0.15) is 0 Å². The van der Waals surface area contributed by atoms with Crippen molar-refractivity contribution in [1.82, 2.24) is 9.97 Å². The van der Waals surface area contributed by atoms with Crippen molar-refractivity contribution in [3.63, 3.8) is 0 Å². The Bertz CT molecular complexity index is 1590. The number of Topliss-reactive ketones (excluding diaryl/α,β-unsaturated/α-hetero) is 2. The highest BCUT2D eigenvalue weighted by Crippen LogP contribution is 2.40. The van der Waals surface area contributed by atoms with Crippen LogP contribution in [0.3, 0.4) is 0 Å². The van der Waals surface area contributed by atoms with E-state index in [9.17, 15) is 9.59 Å². The summed E-state index contributed by atoms with van der Waals surface area (Å²) in [6.07, 6.45) is 6.36. The first kappa shape index (κ1) is 22.5. The number of ether oxygens (including phenoxy) is 2. The van der Waals surface area contributed by atoms with Gasteiger partial charge in [-0.05, 0) is 31.9 Å². The third kappa shape index (κ3) is 3.49. The van der Waals surface area contributed by atoms with Gasteiger partial charge in [0.25, 0.3) is 0 Å². The zero-order valence-corrected chi connectivity index (χ0v) is 20.1. The Morgan fingerprint density at radius 1 is 0.829 bits per heavy atom. The lowest BCUT2D eigenvalue weighted by molar-refractivity contribution is -0.117. The molecule has 6 nitrogen and oxygen atoms in total. The van der Waals surface area contributed by atoms with E-state index in [1.807, 2.05) is 43.3 Å². The van der Waals surface area contributed by atoms with Crippen LogP contribution in [0.1, 0.15) is 30.5 Å². The average Bonchev–Trinajstić information content (AvgIpc) is 3.49. The number of hydrogen-bond donors (Lipinski definition) is 2. The molecule has 2 aromatic heterocycles. The second-order valence-electron chi connectivity index (χ2n) is 8.58. The first-order valence-electron chi connectivity index (χ1n) is 11.4. The van der Waals surface area contributed by atoms with E-state index in [0.29, 0.717) is 11.1 Å². The van der Waals surface area contributed by atoms with E-state index in [0.717, 1.165) is 33.8 Å². The molecule has 176 valence electrons. The minimum Gasteiger partial charge on any atom is -0.492 e. The molecule has 35 heavy (non-hydrogen) atoms. The number of nitrogens with one attached hydrogen (secondary N) is 2. The maximum absolute atomic E-state index is 13.9. The molecule has 2 heterocycles. The van der Waals surface area contributed by atoms with Crippen molar-refractivity contribution in [2.45, 2.75) is 20.3 Å². The fourth-order valence-electron chi connectivity index (χ4n) is 4.79. The number of carbonyl (C=O) groups is 2. The molecule has 0 amide bonds. The summed E-state index contributed by atoms with van der Waals surface area (Å²) in [5.41, 5.74) is 5.75. The third-order valence-corrected chi connectivity index (χ3v) is 6.62. The fourth-order valence-corrected chi connectivity index (χ4v) is 4.79. The van der Waals surface area contributed by atoms with Gasteiger partial charge >= 0.3 is 0 Å². The minimum atomic E-state index is -0.390. The van der Waals surface area contributed by atoms with Crippen molar-refractivity contribution in [3.8, 4) is 0 Å². The number of hydrogen-bond acceptors (Lipinski definition) is 4. The predicted octanol–water partition coefficient (Wildman–Crippen LogP) is 5.72. The summed E-state index contributed by atoms with van der Waals surface area (Å²) in [7, 11) is 2.83. The van der Waals surface area contributed by atoms with Crippen molar-refractivity contribution in [2.75, 3.05) is 14.2 Å². The molecule has 0 bridgehead atoms. The lowest BCUT2D eigenvalue weighted by atomic mass is 9.85. The number of H-pyrrole nitrogens is 2. The van der Waals surface area contributed by atoms with E-state index < -0.39 is 0 Å². The van der Waals surface area contributed by atoms with Crippen LogP contribution in [-0.4, -0.2) is 35.8 Å². The Morgan fingerprint density at radius 2 is 1.43 bits per heavy atom. The predicted molar refractivity (Wildman–Crippen MR) is 138 cm³/mol. The fraction of sp³-hybridized carbons (Fsp3) is 0.172. The molecule has 2 N–H and O–H groups in total. The zero-order valence-electron chi connectivity index (χ0n) is 20.1. The summed E-state index contributed by atoms with van der Waals surface area (Å²) in [5.74, 6) is -0.767. The largest absolute Gasteiger partial charge is 0.492 e. The van der Waals surface area contributed by atoms with Crippen LogP contribution in [0, 0.1) is 0 Å². The summed E-state index contributed by atoms with van der Waals surface area (Å²) < 4.78 is 11.2. The van der Waals surface area contributed by atoms with Gasteiger partial charge in [0, 0.05) is 45.3 Å². The summed E-state index contributed by atoms with van der Waals surface area (Å²) in [4.78, 5) is 34.1. The highest BCUT2D eigenvalue weighted by molar-refractivity contribution is 6.48. The van der Waals surface area contributed by atoms with E-state index in [4.69, 9.17) is 9.47 Å². The van der Waals surface area contributed by atoms with Gasteiger partial charge < -0.3 is 19.4 Å². The standard InChI is InChI=1S/C29H26N2O4/c1-5-16(2)13-17-9-8-11-19-21(15-31-25(17)19)24-27(33)28(34-3)23(26(32)29(24)35-4)20-14-30-22-12-7-6-10-18(20)22/h5-12,14-15,30-31H,13H2,1-4H3. The number of para-hydroxylation sites is 2. The number of allylic oxidation sites excluding steroid dienone is 4. The molecular formula is C29H26N2O4. The van der Waals surface area contributed by atoms with Crippen LogP contribution in [0.25, 0.3) is 33.0 Å². The summed E-state index contributed by atoms with van der Waals surface area (Å²) >= 11 is 0. The molecule has 0 radical (unpaired) electrons. The van der Waals surface area contributed by atoms with Crippen LogP contribution < -0.4 is 0 Å². The van der Waals surface area contributed by atoms with Gasteiger partial charge in [0.15, 0.2) is 11.5 Å². The molecule has 0 unspecified atom stereocenters. The Balaban J connectivity index is 1.70. The second-order valence-corrected chi connectivity index (χ2v) is 8.58. The Kier molecular flexibility index (Phi) is 5.65. The number of carbonyl (C=O) groups excluding carboxylic acids is 2. The Labute approximate surface area is 202 Å². The summed E-state index contributed by atoms with van der Waals surface area (Å²) in [6, 6.07) is 13.6. The number of benzene rings is 2. The van der Waals surface area contributed by atoms with E-state index in [1.165, 1.54) is 19.8 Å². The van der Waals surface area contributed by atoms with E-state index in [1.54, 1.807) is 12.4 Å². The number of aromatic nitrogens is 2. The lowest BCUT2D eigenvalue weighted by Crippen LogP contribution is -2.24. The van der Waals surface area contributed by atoms with Crippen molar-refractivity contribution < 1.29 is 19.1 Å². The Hall–Kier alpha value is -4.32. The molecule has 0 saturated heterocycles. The molecule has 0 aliphatic heterocycles. The number of rotatable bonds is 6. The molecule has 1 aliphatic carbocycles. The van der Waals surface area contributed by atoms with Gasteiger partial charge in [-0.15, -0.1) is 0 Å². The SMILES string of the molecule is CC=C(C)Cc1cccc2c(C3=C(OC)C(=O)C(c4c[nH]c5ccccc45)=C(OC)C3=O)c[nH]c12. The highest BCUT2D eigenvalue weighted by Gasteiger charge is 2.39. The minimum absolute atomic E-state index is 0.00539. The molecule has 0 fully saturated rings. The van der Waals surface area contributed by atoms with Crippen molar-refractivity contribution in [1.29, 1.82) is 0 Å². The number of ketones is 2. The molecule has 0 atom stereocenters. The topological polar surface area (TPSA) is 84.2 Å². The average molecular weight is 467 g/mol. The van der Waals surface area contributed by atoms with Crippen LogP contribution in [-0.2, 0) is 25.5 Å². The van der Waals surface area contributed by atoms with Crippen LogP contribution in [0.5, 0.6) is 0 Å². The molecule has 2 aromatic carbocycles. The molecule has 5 rings (SSSR count). The van der Waals surface area contributed by atoms with E-state index in [-0.39, 0.29) is 34.2 Å². The van der Waals surface area contributed by atoms with Gasteiger partial charge in [0.05, 0.1) is 25.4 Å². The van der Waals surface area contributed by atoms with Crippen LogP contribution in [0.15, 0.2) is 78.0 Å². The van der Waals surface area contributed by atoms with Crippen molar-refractivity contribution >= 4 is 44.5 Å². The normalized spacial score (nSPS) is 15.0. The van der Waals surface area contributed by atoms with Gasteiger partial charge in [-0.25, -0.2) is 0 Å². The van der Waals surface area contributed by atoms with Gasteiger partial charge in [-0.3, -0.25) is 9.59 Å². The first-order valence-corrected chi connectivity index (χ1v) is 11.4. The van der Waals surface area contributed by atoms with Gasteiger partial charge in [-0.1, -0.05) is 48.0 Å². The van der Waals surface area contributed by atoms with Crippen molar-refractivity contribution in [2.24, 2.45) is 0 Å². The first-order chi connectivity index (χ1) is 17.0. The lowest BCUT2D eigenvalue weighted by Gasteiger charge is -2.22. The maximum atomic E-state index is 13.9. The van der Waals surface area contributed by atoms with E-state index in [2.05, 4.69) is 29.0 Å². The van der Waals surface area contributed by atoms with Gasteiger partial charge in [0.1, 0.15) is 0 Å². The smallest absolute Gasteiger partial charge is 0.232 e. The van der Waals surface area contributed by atoms with Crippen LogP contribution >= 0.6 is 0 Å².